The SMILES string of the molecule is CN=C(NCCNS(=O)(=O)c1cccnc1)NCCc1ncc(C)s1. The monoisotopic (exact) mass is 382 g/mol. The molecular weight excluding hydrogens is 360 g/mol. The van der Waals surface area contributed by atoms with Crippen molar-refractivity contribution in [3.05, 3.63) is 40.6 Å². The molecule has 2 rings (SSSR count). The summed E-state index contributed by atoms with van der Waals surface area (Å²) in [6.07, 6.45) is 5.52. The summed E-state index contributed by atoms with van der Waals surface area (Å²) in [5, 5.41) is 7.31. The van der Waals surface area contributed by atoms with Gasteiger partial charge < -0.3 is 10.6 Å². The Morgan fingerprint density at radius 1 is 1.24 bits per heavy atom. The molecule has 0 saturated carbocycles. The molecule has 0 atom stereocenters. The van der Waals surface area contributed by atoms with Crippen LogP contribution in [0.1, 0.15) is 9.88 Å². The second-order valence-electron chi connectivity index (χ2n) is 5.13. The second kappa shape index (κ2) is 9.44. The van der Waals surface area contributed by atoms with Crippen LogP contribution in [-0.2, 0) is 16.4 Å². The van der Waals surface area contributed by atoms with Gasteiger partial charge >= 0.3 is 0 Å². The molecule has 0 unspecified atom stereocenters. The minimum Gasteiger partial charge on any atom is -0.356 e. The van der Waals surface area contributed by atoms with Crippen LogP contribution in [-0.4, -0.2) is 51.0 Å². The maximum absolute atomic E-state index is 12.0. The summed E-state index contributed by atoms with van der Waals surface area (Å²) in [5.41, 5.74) is 0. The molecule has 0 aliphatic heterocycles. The molecule has 2 heterocycles. The number of aromatic nitrogens is 2. The van der Waals surface area contributed by atoms with Crippen LogP contribution in [0.3, 0.4) is 0 Å². The average molecular weight is 383 g/mol. The molecule has 3 N–H and O–H groups in total. The predicted octanol–water partition coefficient (Wildman–Crippen LogP) is 0.533. The van der Waals surface area contributed by atoms with Crippen LogP contribution in [0.5, 0.6) is 0 Å². The van der Waals surface area contributed by atoms with Gasteiger partial charge in [-0.05, 0) is 19.1 Å². The van der Waals surface area contributed by atoms with Gasteiger partial charge in [0.15, 0.2) is 5.96 Å². The number of pyridine rings is 1. The van der Waals surface area contributed by atoms with Crippen molar-refractivity contribution in [2.24, 2.45) is 4.99 Å². The summed E-state index contributed by atoms with van der Waals surface area (Å²) in [4.78, 5) is 13.6. The lowest BCUT2D eigenvalue weighted by Gasteiger charge is -2.12. The molecule has 0 aromatic carbocycles. The summed E-state index contributed by atoms with van der Waals surface area (Å²) in [7, 11) is -1.87. The van der Waals surface area contributed by atoms with E-state index in [1.807, 2.05) is 13.1 Å². The normalized spacial score (nSPS) is 12.2. The molecular formula is C15H22N6O2S2. The zero-order valence-electron chi connectivity index (χ0n) is 14.2. The number of aryl methyl sites for hydroxylation is 1. The summed E-state index contributed by atoms with van der Waals surface area (Å²) in [6, 6.07) is 3.09. The zero-order chi connectivity index (χ0) is 18.1. The van der Waals surface area contributed by atoms with Gasteiger partial charge in [-0.1, -0.05) is 0 Å². The number of hydrogen-bond donors (Lipinski definition) is 3. The fraction of sp³-hybridized carbons (Fsp3) is 0.400. The minimum absolute atomic E-state index is 0.149. The molecule has 136 valence electrons. The third-order valence-electron chi connectivity index (χ3n) is 3.18. The van der Waals surface area contributed by atoms with Crippen molar-refractivity contribution in [1.29, 1.82) is 0 Å². The summed E-state index contributed by atoms with van der Waals surface area (Å²) in [6.45, 7) is 3.38. The topological polar surface area (TPSA) is 108 Å². The van der Waals surface area contributed by atoms with E-state index in [-0.39, 0.29) is 11.4 Å². The van der Waals surface area contributed by atoms with Crippen LogP contribution >= 0.6 is 11.3 Å². The number of aliphatic imine (C=N–C) groups is 1. The zero-order valence-corrected chi connectivity index (χ0v) is 15.8. The quantitative estimate of drug-likeness (QED) is 0.349. The number of nitrogens with zero attached hydrogens (tertiary/aromatic N) is 3. The van der Waals surface area contributed by atoms with Gasteiger partial charge in [-0.25, -0.2) is 18.1 Å². The van der Waals surface area contributed by atoms with Crippen molar-refractivity contribution in [3.8, 4) is 0 Å². The van der Waals surface area contributed by atoms with Gasteiger partial charge in [0.25, 0.3) is 0 Å². The Morgan fingerprint density at radius 3 is 2.68 bits per heavy atom. The van der Waals surface area contributed by atoms with E-state index in [4.69, 9.17) is 0 Å². The maximum atomic E-state index is 12.0. The number of thiazole rings is 1. The van der Waals surface area contributed by atoms with E-state index in [0.29, 0.717) is 19.0 Å². The molecule has 10 heteroatoms. The summed E-state index contributed by atoms with van der Waals surface area (Å²) in [5.74, 6) is 0.619. The van der Waals surface area contributed by atoms with Gasteiger partial charge in [0.2, 0.25) is 10.0 Å². The first kappa shape index (κ1) is 19.3. The molecule has 0 fully saturated rings. The minimum atomic E-state index is -3.54. The average Bonchev–Trinajstić information content (AvgIpc) is 3.03. The molecule has 0 aliphatic carbocycles. The number of sulfonamides is 1. The van der Waals surface area contributed by atoms with Crippen LogP contribution in [0.4, 0.5) is 0 Å². The van der Waals surface area contributed by atoms with Crippen LogP contribution in [0.25, 0.3) is 0 Å². The summed E-state index contributed by atoms with van der Waals surface area (Å²) >= 11 is 1.68. The maximum Gasteiger partial charge on any atom is 0.242 e. The molecule has 0 saturated heterocycles. The van der Waals surface area contributed by atoms with Gasteiger partial charge in [0.1, 0.15) is 4.90 Å². The fourth-order valence-electron chi connectivity index (χ4n) is 1.98. The third-order valence-corrected chi connectivity index (χ3v) is 5.60. The van der Waals surface area contributed by atoms with Crippen LogP contribution < -0.4 is 15.4 Å². The predicted molar refractivity (Wildman–Crippen MR) is 99.3 cm³/mol. The Morgan fingerprint density at radius 2 is 2.04 bits per heavy atom. The smallest absolute Gasteiger partial charge is 0.242 e. The van der Waals surface area contributed by atoms with E-state index in [2.05, 4.69) is 30.3 Å². The van der Waals surface area contributed by atoms with Crippen molar-refractivity contribution in [3.63, 3.8) is 0 Å². The molecule has 0 amide bonds. The van der Waals surface area contributed by atoms with Gasteiger partial charge in [0, 0.05) is 56.6 Å². The highest BCUT2D eigenvalue weighted by Crippen LogP contribution is 2.10. The standard InChI is InChI=1S/C15H22N6O2S2/c1-12-10-20-14(24-12)5-7-18-15(16-2)19-8-9-21-25(22,23)13-4-3-6-17-11-13/h3-4,6,10-11,21H,5,7-9H2,1-2H3,(H2,16,18,19). The highest BCUT2D eigenvalue weighted by Gasteiger charge is 2.12. The lowest BCUT2D eigenvalue weighted by Crippen LogP contribution is -2.42. The Kier molecular flexibility index (Phi) is 7.29. The second-order valence-corrected chi connectivity index (χ2v) is 8.21. The Balaban J connectivity index is 1.69. The van der Waals surface area contributed by atoms with Gasteiger partial charge in [-0.2, -0.15) is 0 Å². The van der Waals surface area contributed by atoms with Crippen LogP contribution in [0, 0.1) is 6.92 Å². The van der Waals surface area contributed by atoms with Crippen molar-refractivity contribution in [2.75, 3.05) is 26.7 Å². The van der Waals surface area contributed by atoms with E-state index >= 15 is 0 Å². The van der Waals surface area contributed by atoms with Crippen LogP contribution in [0.2, 0.25) is 0 Å². The lowest BCUT2D eigenvalue weighted by atomic mass is 10.4. The van der Waals surface area contributed by atoms with Crippen molar-refractivity contribution in [2.45, 2.75) is 18.2 Å². The number of hydrogen-bond acceptors (Lipinski definition) is 6. The molecule has 0 radical (unpaired) electrons. The van der Waals surface area contributed by atoms with Gasteiger partial charge in [-0.15, -0.1) is 11.3 Å². The highest BCUT2D eigenvalue weighted by atomic mass is 32.2. The van der Waals surface area contributed by atoms with E-state index < -0.39 is 10.0 Å². The number of nitrogens with one attached hydrogen (secondary N) is 3. The Bertz CT molecular complexity index is 789. The molecule has 0 aliphatic rings. The van der Waals surface area contributed by atoms with Crippen LogP contribution in [0.15, 0.2) is 40.6 Å². The molecule has 8 nitrogen and oxygen atoms in total. The van der Waals surface area contributed by atoms with Crippen molar-refractivity contribution in [1.82, 2.24) is 25.3 Å². The van der Waals surface area contributed by atoms with E-state index in [0.717, 1.165) is 11.4 Å². The van der Waals surface area contributed by atoms with Crippen molar-refractivity contribution >= 4 is 27.3 Å². The van der Waals surface area contributed by atoms with Gasteiger partial charge in [-0.3, -0.25) is 9.98 Å². The number of guanidine groups is 1. The Labute approximate surface area is 151 Å². The molecule has 0 spiro atoms. The fourth-order valence-corrected chi connectivity index (χ4v) is 3.76. The molecule has 0 bridgehead atoms. The summed E-state index contributed by atoms with van der Waals surface area (Å²) < 4.78 is 26.6. The first-order valence-electron chi connectivity index (χ1n) is 7.77. The first-order chi connectivity index (χ1) is 12.0. The molecule has 2 aromatic heterocycles. The van der Waals surface area contributed by atoms with E-state index in [9.17, 15) is 8.42 Å². The van der Waals surface area contributed by atoms with E-state index in [1.54, 1.807) is 24.5 Å². The highest BCUT2D eigenvalue weighted by molar-refractivity contribution is 7.89. The van der Waals surface area contributed by atoms with E-state index in [1.165, 1.54) is 23.3 Å². The molecule has 2 aromatic rings. The largest absolute Gasteiger partial charge is 0.356 e. The lowest BCUT2D eigenvalue weighted by molar-refractivity contribution is 0.580. The van der Waals surface area contributed by atoms with Crippen molar-refractivity contribution < 1.29 is 8.42 Å². The van der Waals surface area contributed by atoms with Gasteiger partial charge in [0.05, 0.1) is 5.01 Å². The molecule has 25 heavy (non-hydrogen) atoms. The number of rotatable bonds is 8. The Hall–Kier alpha value is -2.04. The first-order valence-corrected chi connectivity index (χ1v) is 10.1. The third kappa shape index (κ3) is 6.40.